The molecule has 2 aliphatic carbocycles. The fraction of sp³-hybridized carbons (Fsp3) is 0.486. The highest BCUT2D eigenvalue weighted by Gasteiger charge is 2.28. The van der Waals surface area contributed by atoms with Crippen LogP contribution in [0.2, 0.25) is 0 Å². The van der Waals surface area contributed by atoms with Gasteiger partial charge in [0.1, 0.15) is 0 Å². The molecule has 2 rings (SSSR count). The summed E-state index contributed by atoms with van der Waals surface area (Å²) >= 11 is 0. The van der Waals surface area contributed by atoms with Crippen LogP contribution in [0.1, 0.15) is 87.5 Å². The van der Waals surface area contributed by atoms with Crippen molar-refractivity contribution in [3.63, 3.8) is 0 Å². The number of hydrogen-bond donors (Lipinski definition) is 1. The lowest BCUT2D eigenvalue weighted by Gasteiger charge is -2.31. The van der Waals surface area contributed by atoms with Gasteiger partial charge in [-0.15, -0.1) is 6.58 Å². The fourth-order valence-electron chi connectivity index (χ4n) is 4.79. The van der Waals surface area contributed by atoms with Crippen molar-refractivity contribution in [2.45, 2.75) is 87.5 Å². The van der Waals surface area contributed by atoms with Gasteiger partial charge in [0.25, 0.3) is 0 Å². The molecule has 0 saturated carbocycles. The fourth-order valence-corrected chi connectivity index (χ4v) is 4.79. The van der Waals surface area contributed by atoms with Crippen LogP contribution in [0.15, 0.2) is 107 Å². The van der Waals surface area contributed by atoms with Crippen molar-refractivity contribution in [3.05, 3.63) is 107 Å². The summed E-state index contributed by atoms with van der Waals surface area (Å²) in [6, 6.07) is 0. The van der Waals surface area contributed by atoms with Gasteiger partial charge in [0.2, 0.25) is 0 Å². The van der Waals surface area contributed by atoms with Crippen molar-refractivity contribution in [3.8, 4) is 0 Å². The second-order valence-corrected chi connectivity index (χ2v) is 12.9. The summed E-state index contributed by atoms with van der Waals surface area (Å²) in [5.41, 5.74) is 14.4. The van der Waals surface area contributed by atoms with Crippen LogP contribution in [0, 0.1) is 22.2 Å². The van der Waals surface area contributed by atoms with E-state index in [-0.39, 0.29) is 16.2 Å². The number of fused-ring (bicyclic) bond motifs is 1. The van der Waals surface area contributed by atoms with Crippen LogP contribution in [0.5, 0.6) is 0 Å². The zero-order valence-corrected chi connectivity index (χ0v) is 24.4. The van der Waals surface area contributed by atoms with Gasteiger partial charge in [0.05, 0.1) is 0 Å². The Kier molecular flexibility index (Phi) is 10.0. The Hall–Kier alpha value is -2.54. The van der Waals surface area contributed by atoms with E-state index in [1.165, 1.54) is 27.9 Å². The predicted molar refractivity (Wildman–Crippen MR) is 161 cm³/mol. The van der Waals surface area contributed by atoms with Gasteiger partial charge in [-0.2, -0.15) is 0 Å². The van der Waals surface area contributed by atoms with E-state index in [4.69, 9.17) is 5.73 Å². The van der Waals surface area contributed by atoms with Gasteiger partial charge in [0.15, 0.2) is 0 Å². The van der Waals surface area contributed by atoms with Crippen molar-refractivity contribution < 1.29 is 0 Å². The molecule has 0 fully saturated rings. The smallest absolute Gasteiger partial charge is 0.0255 e. The maximum absolute atomic E-state index is 6.87. The van der Waals surface area contributed by atoms with Crippen LogP contribution < -0.4 is 5.73 Å². The van der Waals surface area contributed by atoms with Crippen molar-refractivity contribution in [1.29, 1.82) is 0 Å². The standard InChI is InChI=1S/C35H51N/c1-11-13-21-35(10)25-27(22-26(3)12-2)23-29-24-31(34(7,8)9)18-17-28(29)15-14-16-30(33(4,5)6)19-20-32(35)36/h11,14-20,24-25,29H,1,3,12-13,21-23,36H2,2,4-10H3/b16-14-,27-25-,28-15+,30-19+,32-20?. The molecule has 0 bridgehead atoms. The SMILES string of the molecule is C=CCCC1(C)/C=C(/CC(=C)CC)CC2C=C(C(C)(C)C)C=C\C2=C/C=C\C(C(C)(C)C)=C/C=C1N. The van der Waals surface area contributed by atoms with E-state index in [1.54, 1.807) is 0 Å². The van der Waals surface area contributed by atoms with Gasteiger partial charge < -0.3 is 5.73 Å². The molecule has 0 heterocycles. The van der Waals surface area contributed by atoms with Crippen molar-refractivity contribution >= 4 is 0 Å². The van der Waals surface area contributed by atoms with Crippen molar-refractivity contribution in [1.82, 2.24) is 0 Å². The second kappa shape index (κ2) is 12.1. The Morgan fingerprint density at radius 1 is 1.03 bits per heavy atom. The Balaban J connectivity index is 2.78. The highest BCUT2D eigenvalue weighted by molar-refractivity contribution is 5.44. The lowest BCUT2D eigenvalue weighted by Crippen LogP contribution is -2.24. The summed E-state index contributed by atoms with van der Waals surface area (Å²) in [6.07, 6.45) is 27.4. The molecule has 2 atom stereocenters. The zero-order valence-electron chi connectivity index (χ0n) is 24.4. The summed E-state index contributed by atoms with van der Waals surface area (Å²) in [4.78, 5) is 0. The van der Waals surface area contributed by atoms with E-state index >= 15 is 0 Å². The number of nitrogens with two attached hydrogens (primary N) is 1. The zero-order chi connectivity index (χ0) is 27.1. The van der Waals surface area contributed by atoms with E-state index in [0.717, 1.165) is 37.8 Å². The normalized spacial score (nSPS) is 28.8. The molecule has 36 heavy (non-hydrogen) atoms. The summed E-state index contributed by atoms with van der Waals surface area (Å²) in [7, 11) is 0. The van der Waals surface area contributed by atoms with Gasteiger partial charge in [0, 0.05) is 17.0 Å². The molecular weight excluding hydrogens is 434 g/mol. The highest BCUT2D eigenvalue weighted by atomic mass is 14.6. The summed E-state index contributed by atoms with van der Waals surface area (Å²) in [6.45, 7) is 26.5. The molecule has 2 unspecified atom stereocenters. The van der Waals surface area contributed by atoms with Crippen LogP contribution >= 0.6 is 0 Å². The van der Waals surface area contributed by atoms with Crippen LogP contribution in [-0.4, -0.2) is 0 Å². The summed E-state index contributed by atoms with van der Waals surface area (Å²) in [5.74, 6) is 0.321. The molecule has 0 aromatic rings. The van der Waals surface area contributed by atoms with E-state index in [9.17, 15) is 0 Å². The Labute approximate surface area is 222 Å². The first-order valence-corrected chi connectivity index (χ1v) is 13.6. The Morgan fingerprint density at radius 3 is 2.28 bits per heavy atom. The number of rotatable bonds is 6. The molecule has 0 aromatic heterocycles. The molecule has 0 aromatic carbocycles. The summed E-state index contributed by atoms with van der Waals surface area (Å²) < 4.78 is 0. The lowest BCUT2D eigenvalue weighted by atomic mass is 9.75. The Bertz CT molecular complexity index is 1030. The first kappa shape index (κ1) is 29.7. The lowest BCUT2D eigenvalue weighted by molar-refractivity contribution is 0.460. The monoisotopic (exact) mass is 485 g/mol. The quantitative estimate of drug-likeness (QED) is 0.372. The Morgan fingerprint density at radius 2 is 1.69 bits per heavy atom. The van der Waals surface area contributed by atoms with E-state index < -0.39 is 0 Å². The minimum absolute atomic E-state index is 0.0183. The minimum Gasteiger partial charge on any atom is -0.401 e. The minimum atomic E-state index is -0.250. The molecule has 196 valence electrons. The average Bonchev–Trinajstić information content (AvgIpc) is 2.78. The third-order valence-corrected chi connectivity index (χ3v) is 7.51. The first-order valence-electron chi connectivity index (χ1n) is 13.6. The first-order chi connectivity index (χ1) is 16.7. The number of allylic oxidation sites excluding steroid dienone is 15. The second-order valence-electron chi connectivity index (χ2n) is 12.9. The van der Waals surface area contributed by atoms with Crippen LogP contribution in [0.3, 0.4) is 0 Å². The van der Waals surface area contributed by atoms with Crippen molar-refractivity contribution in [2.24, 2.45) is 27.9 Å². The predicted octanol–water partition coefficient (Wildman–Crippen LogP) is 10.1. The maximum Gasteiger partial charge on any atom is 0.0255 e. The molecule has 0 radical (unpaired) electrons. The third kappa shape index (κ3) is 8.26. The molecule has 2 aliphatic rings. The maximum atomic E-state index is 6.87. The summed E-state index contributed by atoms with van der Waals surface area (Å²) in [5, 5.41) is 0. The van der Waals surface area contributed by atoms with Crippen LogP contribution in [0.25, 0.3) is 0 Å². The van der Waals surface area contributed by atoms with Gasteiger partial charge in [-0.1, -0.05) is 128 Å². The number of hydrogen-bond acceptors (Lipinski definition) is 1. The molecule has 1 heteroatoms. The van der Waals surface area contributed by atoms with E-state index in [1.807, 2.05) is 6.08 Å². The molecule has 0 saturated heterocycles. The highest BCUT2D eigenvalue weighted by Crippen LogP contribution is 2.40. The van der Waals surface area contributed by atoms with E-state index in [2.05, 4.69) is 123 Å². The van der Waals surface area contributed by atoms with Crippen molar-refractivity contribution in [2.75, 3.05) is 0 Å². The largest absolute Gasteiger partial charge is 0.401 e. The van der Waals surface area contributed by atoms with Crippen LogP contribution in [0.4, 0.5) is 0 Å². The van der Waals surface area contributed by atoms with Crippen LogP contribution in [-0.2, 0) is 0 Å². The topological polar surface area (TPSA) is 26.0 Å². The van der Waals surface area contributed by atoms with Gasteiger partial charge >= 0.3 is 0 Å². The molecule has 0 spiro atoms. The molecule has 1 nitrogen and oxygen atoms in total. The van der Waals surface area contributed by atoms with Gasteiger partial charge in [-0.3, -0.25) is 0 Å². The average molecular weight is 486 g/mol. The van der Waals surface area contributed by atoms with Gasteiger partial charge in [-0.25, -0.2) is 0 Å². The van der Waals surface area contributed by atoms with E-state index in [0.29, 0.717) is 5.92 Å². The molecular formula is C35H51N. The molecule has 0 aliphatic heterocycles. The third-order valence-electron chi connectivity index (χ3n) is 7.51. The van der Waals surface area contributed by atoms with Gasteiger partial charge in [-0.05, 0) is 65.7 Å². The molecule has 0 amide bonds. The molecule has 2 N–H and O–H groups in total.